The molecule has 1 unspecified atom stereocenters. The monoisotopic (exact) mass is 439 g/mol. The number of hydrogen-bond donors (Lipinski definition) is 2. The number of hydrogen-bond acceptors (Lipinski definition) is 8. The van der Waals surface area contributed by atoms with Gasteiger partial charge in [0.25, 0.3) is 8.53 Å². The second-order valence-electron chi connectivity index (χ2n) is 9.21. The Morgan fingerprint density at radius 1 is 0.964 bits per heavy atom. The quantitative estimate of drug-likeness (QED) is 0.213. The first-order valence-corrected chi connectivity index (χ1v) is 12.0. The van der Waals surface area contributed by atoms with E-state index in [-0.39, 0.29) is 35.9 Å². The molecule has 1 atom stereocenters. The largest absolute Gasteiger partial charge is 0.336 e. The fourth-order valence-corrected chi connectivity index (χ4v) is 5.61. The van der Waals surface area contributed by atoms with E-state index in [9.17, 15) is 9.69 Å². The van der Waals surface area contributed by atoms with Gasteiger partial charge in [-0.15, -0.1) is 0 Å². The molecule has 0 radical (unpaired) electrons. The zero-order chi connectivity index (χ0) is 22.4. The van der Waals surface area contributed by atoms with Crippen LogP contribution in [0.1, 0.15) is 76.2 Å². The van der Waals surface area contributed by atoms with Crippen LogP contribution in [0.25, 0.3) is 0 Å². The highest BCUT2D eigenvalue weighted by molar-refractivity contribution is 8.14. The molecular weight excluding hydrogens is 397 g/mol. The molecule has 0 heterocycles. The molecule has 0 saturated heterocycles. The first-order chi connectivity index (χ1) is 12.6. The van der Waals surface area contributed by atoms with E-state index < -0.39 is 18.9 Å². The average Bonchev–Trinajstić information content (AvgIpc) is 2.43. The van der Waals surface area contributed by atoms with Crippen molar-refractivity contribution in [3.05, 3.63) is 0 Å². The molecular formula is C19H42N3O4PS. The zero-order valence-electron chi connectivity index (χ0n) is 19.5. The Labute approximate surface area is 177 Å². The van der Waals surface area contributed by atoms with Crippen molar-refractivity contribution < 1.29 is 19.2 Å². The molecule has 0 aromatic heterocycles. The van der Waals surface area contributed by atoms with Gasteiger partial charge in [0.2, 0.25) is 0 Å². The van der Waals surface area contributed by atoms with Crippen LogP contribution in [0.5, 0.6) is 0 Å². The summed E-state index contributed by atoms with van der Waals surface area (Å²) in [4.78, 5) is 31.7. The third-order valence-corrected chi connectivity index (χ3v) is 6.20. The van der Waals surface area contributed by atoms with E-state index in [0.717, 1.165) is 0 Å². The van der Waals surface area contributed by atoms with Gasteiger partial charge in [-0.3, -0.25) is 20.1 Å². The molecule has 0 spiro atoms. The Bertz CT molecular complexity index is 446. The van der Waals surface area contributed by atoms with Crippen LogP contribution in [-0.4, -0.2) is 55.6 Å². The third kappa shape index (κ3) is 7.80. The van der Waals surface area contributed by atoms with E-state index in [1.807, 2.05) is 20.8 Å². The highest BCUT2D eigenvalue weighted by Crippen LogP contribution is 2.43. The summed E-state index contributed by atoms with van der Waals surface area (Å²) in [6, 6.07) is 0.546. The Morgan fingerprint density at radius 2 is 1.32 bits per heavy atom. The Kier molecular flexibility index (Phi) is 11.6. The second-order valence-corrected chi connectivity index (χ2v) is 11.2. The molecule has 168 valence electrons. The van der Waals surface area contributed by atoms with E-state index in [1.165, 1.54) is 11.8 Å². The minimum absolute atomic E-state index is 0.0583. The maximum Gasteiger partial charge on any atom is 0.283 e. The number of carbonyl (C=O) groups is 1. The van der Waals surface area contributed by atoms with Crippen LogP contribution in [0, 0.1) is 5.41 Å². The van der Waals surface area contributed by atoms with Gasteiger partial charge in [0, 0.05) is 29.6 Å². The van der Waals surface area contributed by atoms with Crippen molar-refractivity contribution in [1.82, 2.24) is 9.80 Å². The molecule has 0 rings (SSSR count). The van der Waals surface area contributed by atoms with Crippen molar-refractivity contribution in [3.63, 3.8) is 0 Å². The van der Waals surface area contributed by atoms with Gasteiger partial charge in [-0.25, -0.2) is 4.89 Å². The minimum atomic E-state index is -2.15. The fourth-order valence-electron chi connectivity index (χ4n) is 3.68. The molecule has 3 N–H and O–H groups in total. The highest BCUT2D eigenvalue weighted by Gasteiger charge is 2.51. The summed E-state index contributed by atoms with van der Waals surface area (Å²) >= 11 is 1.27. The van der Waals surface area contributed by atoms with Crippen molar-refractivity contribution in [3.8, 4) is 0 Å². The van der Waals surface area contributed by atoms with Gasteiger partial charge in [0.1, 0.15) is 6.61 Å². The molecule has 7 nitrogen and oxygen atoms in total. The Morgan fingerprint density at radius 3 is 1.57 bits per heavy atom. The van der Waals surface area contributed by atoms with Crippen LogP contribution < -0.4 is 5.50 Å². The normalized spacial score (nSPS) is 15.0. The van der Waals surface area contributed by atoms with Crippen LogP contribution in [0.3, 0.4) is 0 Å². The lowest BCUT2D eigenvalue weighted by atomic mass is 9.99. The van der Waals surface area contributed by atoms with Crippen LogP contribution in [0.15, 0.2) is 0 Å². The van der Waals surface area contributed by atoms with Gasteiger partial charge in [0.15, 0.2) is 10.1 Å². The first kappa shape index (κ1) is 28.2. The lowest BCUT2D eigenvalue weighted by molar-refractivity contribution is -0.244. The van der Waals surface area contributed by atoms with Crippen molar-refractivity contribution in [2.24, 2.45) is 10.9 Å². The van der Waals surface area contributed by atoms with Crippen molar-refractivity contribution in [2.45, 2.75) is 105 Å². The summed E-state index contributed by atoms with van der Waals surface area (Å²) in [6.45, 7) is 22.7. The average molecular weight is 440 g/mol. The molecule has 0 fully saturated rings. The molecule has 28 heavy (non-hydrogen) atoms. The van der Waals surface area contributed by atoms with E-state index in [1.54, 1.807) is 0 Å². The Hall–Kier alpha value is 0.210. The van der Waals surface area contributed by atoms with Crippen molar-refractivity contribution >= 4 is 25.4 Å². The van der Waals surface area contributed by atoms with Crippen molar-refractivity contribution in [1.29, 1.82) is 0 Å². The predicted octanol–water partition coefficient (Wildman–Crippen LogP) is 4.31. The number of carbonyl (C=O) groups excluding carboxylic acids is 1. The molecule has 0 aliphatic carbocycles. The summed E-state index contributed by atoms with van der Waals surface area (Å²) in [7, 11) is -2.15. The number of thioether (sulfide) groups is 1. The summed E-state index contributed by atoms with van der Waals surface area (Å²) < 4.78 is 4.90. The Balaban J connectivity index is 6.56. The number of rotatable bonds is 11. The molecule has 0 aromatic carbocycles. The summed E-state index contributed by atoms with van der Waals surface area (Å²) in [5.41, 5.74) is 4.84. The van der Waals surface area contributed by atoms with E-state index in [2.05, 4.69) is 65.2 Å². The minimum Gasteiger partial charge on any atom is -0.336 e. The van der Waals surface area contributed by atoms with Crippen LogP contribution in [-0.2, 0) is 14.4 Å². The van der Waals surface area contributed by atoms with Crippen LogP contribution in [0.4, 0.5) is 0 Å². The maximum atomic E-state index is 13.2. The topological polar surface area (TPSA) is 88.3 Å². The second kappa shape index (κ2) is 11.6. The van der Waals surface area contributed by atoms with Crippen LogP contribution >= 0.6 is 20.3 Å². The summed E-state index contributed by atoms with van der Waals surface area (Å²) in [6.07, 6.45) is 0. The molecule has 0 amide bonds. The lowest BCUT2D eigenvalue weighted by Gasteiger charge is -2.55. The molecule has 0 aromatic rings. The molecule has 0 saturated carbocycles. The predicted molar refractivity (Wildman–Crippen MR) is 119 cm³/mol. The summed E-state index contributed by atoms with van der Waals surface area (Å²) in [5.74, 6) is 0. The standard InChI is InChI=1S/C19H42N3O4PS/c1-13(2)21(14(3)4)19(12-25-26-27(20)24,22(15(5)6)16(7)8)28-17(23)18(9,10)11/h13-16,24H,12,20H2,1-11H3. The molecule has 0 aliphatic rings. The van der Waals surface area contributed by atoms with Gasteiger partial charge < -0.3 is 4.89 Å². The smallest absolute Gasteiger partial charge is 0.283 e. The zero-order valence-corrected chi connectivity index (χ0v) is 21.2. The van der Waals surface area contributed by atoms with Crippen LogP contribution in [0.2, 0.25) is 0 Å². The first-order valence-electron chi connectivity index (χ1n) is 9.91. The SMILES string of the molecule is CC(C)N(C(C)C)C(COOP(N)O)(SC(=O)C(C)(C)C)N(C(C)C)C(C)C. The number of nitrogens with two attached hydrogens (primary N) is 1. The van der Waals surface area contributed by atoms with E-state index >= 15 is 0 Å². The van der Waals surface area contributed by atoms with Gasteiger partial charge in [0.05, 0.1) is 0 Å². The van der Waals surface area contributed by atoms with Gasteiger partial charge in [-0.2, -0.15) is 4.67 Å². The van der Waals surface area contributed by atoms with Crippen molar-refractivity contribution in [2.75, 3.05) is 6.61 Å². The van der Waals surface area contributed by atoms with Gasteiger partial charge in [-0.05, 0) is 67.2 Å². The molecule has 9 heteroatoms. The van der Waals surface area contributed by atoms with E-state index in [4.69, 9.17) is 15.1 Å². The fraction of sp³-hybridized carbons (Fsp3) is 0.947. The van der Waals surface area contributed by atoms with Gasteiger partial charge >= 0.3 is 0 Å². The highest BCUT2D eigenvalue weighted by atomic mass is 32.2. The number of nitrogens with zero attached hydrogens (tertiary/aromatic N) is 2. The third-order valence-electron chi connectivity index (χ3n) is 4.28. The summed E-state index contributed by atoms with van der Waals surface area (Å²) in [5, 5.41) is 0.0627. The molecule has 0 aliphatic heterocycles. The molecule has 0 bridgehead atoms. The van der Waals surface area contributed by atoms with Gasteiger partial charge in [-0.1, -0.05) is 20.8 Å². The maximum absolute atomic E-state index is 13.2. The van der Waals surface area contributed by atoms with E-state index in [0.29, 0.717) is 0 Å². The lowest BCUT2D eigenvalue weighted by Crippen LogP contribution is -2.68.